The number of rotatable bonds is 20. The van der Waals surface area contributed by atoms with E-state index in [1.807, 2.05) is 4.90 Å². The lowest BCUT2D eigenvalue weighted by Crippen LogP contribution is -2.44. The highest BCUT2D eigenvalue weighted by Crippen LogP contribution is 2.13. The highest BCUT2D eigenvalue weighted by atomic mass is 16.2. The van der Waals surface area contributed by atoms with Crippen LogP contribution in [-0.2, 0) is 0 Å². The van der Waals surface area contributed by atoms with Crippen molar-refractivity contribution in [2.45, 2.75) is 129 Å². The van der Waals surface area contributed by atoms with E-state index in [1.165, 1.54) is 96.3 Å². The molecule has 0 aliphatic heterocycles. The van der Waals surface area contributed by atoms with Crippen LogP contribution >= 0.6 is 0 Å². The van der Waals surface area contributed by atoms with Crippen molar-refractivity contribution >= 4 is 6.03 Å². The minimum Gasteiger partial charge on any atom is -0.324 e. The number of hydrogen-bond donors (Lipinski definition) is 2. The average Bonchev–Trinajstić information content (AvgIpc) is 2.69. The first-order valence-corrected chi connectivity index (χ1v) is 12.0. The molecule has 0 aliphatic rings. The Bertz CT molecular complexity index is 310. The molecular formula is C23H49N3O. The van der Waals surface area contributed by atoms with Crippen molar-refractivity contribution in [2.24, 2.45) is 5.84 Å². The molecule has 0 fully saturated rings. The van der Waals surface area contributed by atoms with Crippen LogP contribution in [0.25, 0.3) is 0 Å². The molecule has 162 valence electrons. The van der Waals surface area contributed by atoms with Crippen molar-refractivity contribution in [3.8, 4) is 0 Å². The van der Waals surface area contributed by atoms with Gasteiger partial charge in [0.1, 0.15) is 0 Å². The van der Waals surface area contributed by atoms with Crippen molar-refractivity contribution < 1.29 is 4.79 Å². The SMILES string of the molecule is CCCCCCCCCCCCCCCCCCN(CCCC)C(=O)NN. The molecule has 0 unspecified atom stereocenters. The molecule has 4 nitrogen and oxygen atoms in total. The third-order valence-corrected chi connectivity index (χ3v) is 5.47. The second-order valence-corrected chi connectivity index (χ2v) is 8.09. The molecule has 3 N–H and O–H groups in total. The monoisotopic (exact) mass is 383 g/mol. The van der Waals surface area contributed by atoms with Crippen molar-refractivity contribution in [1.29, 1.82) is 0 Å². The van der Waals surface area contributed by atoms with Gasteiger partial charge in [-0.2, -0.15) is 0 Å². The fraction of sp³-hybridized carbons (Fsp3) is 0.957. The number of nitrogens with one attached hydrogen (secondary N) is 1. The van der Waals surface area contributed by atoms with Crippen LogP contribution in [0.5, 0.6) is 0 Å². The summed E-state index contributed by atoms with van der Waals surface area (Å²) in [4.78, 5) is 13.6. The van der Waals surface area contributed by atoms with Crippen LogP contribution in [0.1, 0.15) is 129 Å². The van der Waals surface area contributed by atoms with E-state index in [0.717, 1.165) is 32.4 Å². The van der Waals surface area contributed by atoms with Crippen LogP contribution in [0, 0.1) is 0 Å². The Morgan fingerprint density at radius 1 is 0.593 bits per heavy atom. The van der Waals surface area contributed by atoms with E-state index in [9.17, 15) is 4.79 Å². The highest BCUT2D eigenvalue weighted by Gasteiger charge is 2.10. The van der Waals surface area contributed by atoms with Gasteiger partial charge in [0.15, 0.2) is 0 Å². The quantitative estimate of drug-likeness (QED) is 0.104. The fourth-order valence-corrected chi connectivity index (χ4v) is 3.61. The predicted molar refractivity (Wildman–Crippen MR) is 119 cm³/mol. The topological polar surface area (TPSA) is 58.4 Å². The summed E-state index contributed by atoms with van der Waals surface area (Å²) in [6.07, 6.45) is 24.1. The normalized spacial score (nSPS) is 10.9. The van der Waals surface area contributed by atoms with E-state index in [2.05, 4.69) is 19.3 Å². The Balaban J connectivity index is 3.31. The zero-order valence-electron chi connectivity index (χ0n) is 18.6. The number of urea groups is 1. The summed E-state index contributed by atoms with van der Waals surface area (Å²) in [5.74, 6) is 5.26. The summed E-state index contributed by atoms with van der Waals surface area (Å²) >= 11 is 0. The van der Waals surface area contributed by atoms with Gasteiger partial charge in [0.25, 0.3) is 0 Å². The number of carbonyl (C=O) groups excluding carboxylic acids is 1. The first kappa shape index (κ1) is 26.2. The van der Waals surface area contributed by atoms with Crippen molar-refractivity contribution in [1.82, 2.24) is 10.3 Å². The number of unbranched alkanes of at least 4 members (excludes halogenated alkanes) is 16. The molecule has 0 aromatic rings. The van der Waals surface area contributed by atoms with Crippen LogP contribution in [0.2, 0.25) is 0 Å². The number of nitrogens with two attached hydrogens (primary N) is 1. The van der Waals surface area contributed by atoms with Gasteiger partial charge in [0.05, 0.1) is 0 Å². The van der Waals surface area contributed by atoms with Gasteiger partial charge in [-0.15, -0.1) is 0 Å². The maximum Gasteiger partial charge on any atom is 0.331 e. The van der Waals surface area contributed by atoms with Crippen LogP contribution in [-0.4, -0.2) is 24.0 Å². The molecule has 0 bridgehead atoms. The lowest BCUT2D eigenvalue weighted by molar-refractivity contribution is 0.196. The lowest BCUT2D eigenvalue weighted by Gasteiger charge is -2.21. The lowest BCUT2D eigenvalue weighted by atomic mass is 10.0. The van der Waals surface area contributed by atoms with Gasteiger partial charge in [-0.3, -0.25) is 5.43 Å². The Morgan fingerprint density at radius 3 is 1.30 bits per heavy atom. The Kier molecular flexibility index (Phi) is 20.9. The zero-order valence-corrected chi connectivity index (χ0v) is 18.6. The Hall–Kier alpha value is -0.770. The van der Waals surface area contributed by atoms with Crippen LogP contribution in [0.3, 0.4) is 0 Å². The number of hydrogen-bond acceptors (Lipinski definition) is 2. The molecule has 0 rings (SSSR count). The van der Waals surface area contributed by atoms with E-state index in [1.54, 1.807) is 0 Å². The minimum atomic E-state index is -0.135. The van der Waals surface area contributed by atoms with E-state index in [4.69, 9.17) is 5.84 Å². The number of amides is 2. The van der Waals surface area contributed by atoms with E-state index in [-0.39, 0.29) is 6.03 Å². The maximum absolute atomic E-state index is 11.7. The van der Waals surface area contributed by atoms with Crippen molar-refractivity contribution in [2.75, 3.05) is 13.1 Å². The molecule has 27 heavy (non-hydrogen) atoms. The van der Waals surface area contributed by atoms with E-state index < -0.39 is 0 Å². The first-order valence-electron chi connectivity index (χ1n) is 12.0. The molecule has 0 saturated carbocycles. The molecule has 0 atom stereocenters. The predicted octanol–water partition coefficient (Wildman–Crippen LogP) is 6.93. The third-order valence-electron chi connectivity index (χ3n) is 5.47. The summed E-state index contributed by atoms with van der Waals surface area (Å²) in [7, 11) is 0. The third kappa shape index (κ3) is 18.4. The fourth-order valence-electron chi connectivity index (χ4n) is 3.61. The highest BCUT2D eigenvalue weighted by molar-refractivity contribution is 5.73. The molecule has 0 spiro atoms. The summed E-state index contributed by atoms with van der Waals surface area (Å²) in [6, 6.07) is -0.135. The molecule has 4 heteroatoms. The first-order chi connectivity index (χ1) is 13.3. The summed E-state index contributed by atoms with van der Waals surface area (Å²) in [6.45, 7) is 6.08. The molecular weight excluding hydrogens is 334 g/mol. The molecule has 0 saturated heterocycles. The minimum absolute atomic E-state index is 0.135. The van der Waals surface area contributed by atoms with Gasteiger partial charge in [0, 0.05) is 13.1 Å². The summed E-state index contributed by atoms with van der Waals surface area (Å²) < 4.78 is 0. The second kappa shape index (κ2) is 21.5. The molecule has 0 radical (unpaired) electrons. The van der Waals surface area contributed by atoms with Crippen molar-refractivity contribution in [3.63, 3.8) is 0 Å². The van der Waals surface area contributed by atoms with Gasteiger partial charge in [-0.05, 0) is 12.8 Å². The number of carbonyl (C=O) groups is 1. The molecule has 0 heterocycles. The smallest absolute Gasteiger partial charge is 0.324 e. The zero-order chi connectivity index (χ0) is 20.0. The molecule has 0 aromatic heterocycles. The standard InChI is InChI=1S/C23H49N3O/c1-3-5-7-8-9-10-11-12-13-14-15-16-17-18-19-20-22-26(21-6-4-2)23(27)25-24/h3-22,24H2,1-2H3,(H,25,27). The van der Waals surface area contributed by atoms with Crippen molar-refractivity contribution in [3.05, 3.63) is 0 Å². The van der Waals surface area contributed by atoms with Gasteiger partial charge in [-0.1, -0.05) is 117 Å². The molecule has 0 aliphatic carbocycles. The second-order valence-electron chi connectivity index (χ2n) is 8.09. The van der Waals surface area contributed by atoms with Crippen LogP contribution < -0.4 is 11.3 Å². The van der Waals surface area contributed by atoms with Gasteiger partial charge in [-0.25, -0.2) is 10.6 Å². The Morgan fingerprint density at radius 2 is 0.926 bits per heavy atom. The Labute approximate surface area is 170 Å². The van der Waals surface area contributed by atoms with Crippen LogP contribution in [0.15, 0.2) is 0 Å². The van der Waals surface area contributed by atoms with Crippen LogP contribution in [0.4, 0.5) is 4.79 Å². The largest absolute Gasteiger partial charge is 0.331 e. The summed E-state index contributed by atoms with van der Waals surface area (Å²) in [5.41, 5.74) is 2.27. The molecule has 2 amide bonds. The maximum atomic E-state index is 11.7. The van der Waals surface area contributed by atoms with Gasteiger partial charge < -0.3 is 4.90 Å². The van der Waals surface area contributed by atoms with E-state index >= 15 is 0 Å². The summed E-state index contributed by atoms with van der Waals surface area (Å²) in [5, 5.41) is 0. The van der Waals surface area contributed by atoms with Gasteiger partial charge >= 0.3 is 6.03 Å². The average molecular weight is 384 g/mol. The molecule has 0 aromatic carbocycles. The van der Waals surface area contributed by atoms with Gasteiger partial charge in [0.2, 0.25) is 0 Å². The number of hydrazine groups is 1. The van der Waals surface area contributed by atoms with E-state index in [0.29, 0.717) is 0 Å². The number of nitrogens with zero attached hydrogens (tertiary/aromatic N) is 1.